The molecule has 3 rings (SSSR count). The van der Waals surface area contributed by atoms with Gasteiger partial charge in [-0.25, -0.2) is 4.39 Å². The van der Waals surface area contributed by atoms with E-state index in [0.717, 1.165) is 11.1 Å². The lowest BCUT2D eigenvalue weighted by Gasteiger charge is -2.29. The number of hydrogen-bond acceptors (Lipinski definition) is 3. The minimum Gasteiger partial charge on any atom is -0.493 e. The average molecular weight is 414 g/mol. The maximum Gasteiger partial charge on any atom is 0.254 e. The Labute approximate surface area is 174 Å². The topological polar surface area (TPSA) is 38.8 Å². The smallest absolute Gasteiger partial charge is 0.254 e. The molecule has 0 heterocycles. The van der Waals surface area contributed by atoms with Gasteiger partial charge in [0.05, 0.1) is 25.3 Å². The Balaban J connectivity index is 2.04. The van der Waals surface area contributed by atoms with E-state index in [1.54, 1.807) is 36.2 Å². The molecule has 3 aromatic rings. The molecule has 3 aromatic carbocycles. The first-order chi connectivity index (χ1) is 14.0. The second kappa shape index (κ2) is 8.97. The van der Waals surface area contributed by atoms with Crippen molar-refractivity contribution in [2.24, 2.45) is 0 Å². The number of ether oxygens (including phenoxy) is 2. The predicted molar refractivity (Wildman–Crippen MR) is 111 cm³/mol. The Kier molecular flexibility index (Phi) is 6.39. The van der Waals surface area contributed by atoms with Crippen LogP contribution in [0.2, 0.25) is 5.02 Å². The van der Waals surface area contributed by atoms with Crippen molar-refractivity contribution in [1.82, 2.24) is 4.90 Å². The highest BCUT2D eigenvalue weighted by Gasteiger charge is 2.26. The van der Waals surface area contributed by atoms with Gasteiger partial charge in [0.2, 0.25) is 0 Å². The average Bonchev–Trinajstić information content (AvgIpc) is 2.74. The van der Waals surface area contributed by atoms with Crippen LogP contribution < -0.4 is 9.47 Å². The normalized spacial score (nSPS) is 11.6. The zero-order valence-corrected chi connectivity index (χ0v) is 17.1. The lowest BCUT2D eigenvalue weighted by molar-refractivity contribution is 0.0754. The number of amides is 1. The van der Waals surface area contributed by atoms with Crippen molar-refractivity contribution in [1.29, 1.82) is 0 Å². The highest BCUT2D eigenvalue weighted by Crippen LogP contribution is 2.37. The molecule has 0 radical (unpaired) electrons. The number of carbonyl (C=O) groups excluding carboxylic acids is 1. The molecule has 1 atom stereocenters. The summed E-state index contributed by atoms with van der Waals surface area (Å²) in [6.07, 6.45) is 0. The lowest BCUT2D eigenvalue weighted by atomic mass is 9.96. The van der Waals surface area contributed by atoms with Crippen molar-refractivity contribution in [3.05, 3.63) is 94.3 Å². The maximum absolute atomic E-state index is 13.5. The summed E-state index contributed by atoms with van der Waals surface area (Å²) >= 11 is 6.28. The third-order valence-corrected chi connectivity index (χ3v) is 4.97. The zero-order valence-electron chi connectivity index (χ0n) is 16.4. The van der Waals surface area contributed by atoms with E-state index in [1.807, 2.05) is 30.3 Å². The van der Waals surface area contributed by atoms with Crippen LogP contribution in [-0.2, 0) is 0 Å². The molecule has 6 heteroatoms. The molecule has 0 aliphatic carbocycles. The number of nitrogens with zero attached hydrogens (tertiary/aromatic N) is 1. The second-order valence-corrected chi connectivity index (χ2v) is 6.88. The fraction of sp³-hybridized carbons (Fsp3) is 0.174. The fourth-order valence-electron chi connectivity index (χ4n) is 3.28. The minimum absolute atomic E-state index is 0.258. The molecular weight excluding hydrogens is 393 g/mol. The summed E-state index contributed by atoms with van der Waals surface area (Å²) in [4.78, 5) is 14.9. The highest BCUT2D eigenvalue weighted by molar-refractivity contribution is 6.32. The van der Waals surface area contributed by atoms with Gasteiger partial charge in [0.15, 0.2) is 11.5 Å². The first kappa shape index (κ1) is 20.7. The summed E-state index contributed by atoms with van der Waals surface area (Å²) in [7, 11) is 4.67. The molecule has 0 spiro atoms. The first-order valence-electron chi connectivity index (χ1n) is 8.95. The van der Waals surface area contributed by atoms with Gasteiger partial charge in [0, 0.05) is 12.6 Å². The maximum atomic E-state index is 13.5. The number of carbonyl (C=O) groups is 1. The lowest BCUT2D eigenvalue weighted by Crippen LogP contribution is -2.32. The third-order valence-electron chi connectivity index (χ3n) is 4.69. The Morgan fingerprint density at radius 3 is 2.17 bits per heavy atom. The van der Waals surface area contributed by atoms with Crippen LogP contribution in [0.1, 0.15) is 27.5 Å². The largest absolute Gasteiger partial charge is 0.493 e. The molecule has 1 unspecified atom stereocenters. The summed E-state index contributed by atoms with van der Waals surface area (Å²) in [6.45, 7) is 0. The van der Waals surface area contributed by atoms with E-state index in [-0.39, 0.29) is 16.7 Å². The molecule has 29 heavy (non-hydrogen) atoms. The quantitative estimate of drug-likeness (QED) is 0.546. The molecule has 0 aliphatic rings. The van der Waals surface area contributed by atoms with Gasteiger partial charge in [0.25, 0.3) is 5.91 Å². The number of hydrogen-bond donors (Lipinski definition) is 0. The van der Waals surface area contributed by atoms with Gasteiger partial charge in [-0.05, 0) is 35.4 Å². The third kappa shape index (κ3) is 4.35. The van der Waals surface area contributed by atoms with Crippen LogP contribution in [0.4, 0.5) is 4.39 Å². The second-order valence-electron chi connectivity index (χ2n) is 6.47. The first-order valence-corrected chi connectivity index (χ1v) is 9.33. The van der Waals surface area contributed by atoms with E-state index < -0.39 is 6.04 Å². The van der Waals surface area contributed by atoms with Crippen molar-refractivity contribution in [2.45, 2.75) is 6.04 Å². The summed E-state index contributed by atoms with van der Waals surface area (Å²) in [5.74, 6) is 0.147. The van der Waals surface area contributed by atoms with E-state index in [9.17, 15) is 9.18 Å². The van der Waals surface area contributed by atoms with Gasteiger partial charge in [-0.3, -0.25) is 4.79 Å². The predicted octanol–water partition coefficient (Wildman–Crippen LogP) is 5.36. The van der Waals surface area contributed by atoms with Crippen LogP contribution in [-0.4, -0.2) is 32.1 Å². The Bertz CT molecular complexity index is 993. The minimum atomic E-state index is -0.406. The summed E-state index contributed by atoms with van der Waals surface area (Å²) in [6, 6.07) is 18.4. The Morgan fingerprint density at radius 1 is 0.966 bits per heavy atom. The summed E-state index contributed by atoms with van der Waals surface area (Å²) in [5.41, 5.74) is 2.06. The molecular formula is C23H21ClFNO3. The number of methoxy groups -OCH3 is 2. The summed E-state index contributed by atoms with van der Waals surface area (Å²) in [5, 5.41) is 0.279. The molecule has 1 amide bonds. The van der Waals surface area contributed by atoms with Crippen molar-refractivity contribution < 1.29 is 18.7 Å². The summed E-state index contributed by atoms with van der Waals surface area (Å²) < 4.78 is 24.0. The molecule has 0 aliphatic heterocycles. The van der Waals surface area contributed by atoms with Crippen molar-refractivity contribution in [3.8, 4) is 11.5 Å². The van der Waals surface area contributed by atoms with E-state index >= 15 is 0 Å². The van der Waals surface area contributed by atoms with Crippen molar-refractivity contribution >= 4 is 17.5 Å². The van der Waals surface area contributed by atoms with Gasteiger partial charge in [0.1, 0.15) is 5.82 Å². The van der Waals surface area contributed by atoms with E-state index in [2.05, 4.69) is 0 Å². The molecule has 0 bridgehead atoms. The van der Waals surface area contributed by atoms with Crippen molar-refractivity contribution in [2.75, 3.05) is 21.3 Å². The zero-order chi connectivity index (χ0) is 21.0. The fourth-order valence-corrected chi connectivity index (χ4v) is 3.57. The molecule has 0 saturated heterocycles. The highest BCUT2D eigenvalue weighted by atomic mass is 35.5. The number of halogens is 2. The molecule has 4 nitrogen and oxygen atoms in total. The van der Waals surface area contributed by atoms with Crippen LogP contribution in [0.15, 0.2) is 66.7 Å². The Hall–Kier alpha value is -3.05. The van der Waals surface area contributed by atoms with Gasteiger partial charge in [-0.1, -0.05) is 54.1 Å². The molecule has 0 aromatic heterocycles. The van der Waals surface area contributed by atoms with Gasteiger partial charge in [-0.2, -0.15) is 0 Å². The van der Waals surface area contributed by atoms with Crippen LogP contribution in [0.5, 0.6) is 11.5 Å². The van der Waals surface area contributed by atoms with Crippen LogP contribution in [0.25, 0.3) is 0 Å². The number of rotatable bonds is 6. The molecule has 150 valence electrons. The van der Waals surface area contributed by atoms with Crippen LogP contribution in [0.3, 0.4) is 0 Å². The van der Waals surface area contributed by atoms with E-state index in [1.165, 1.54) is 26.4 Å². The monoisotopic (exact) mass is 413 g/mol. The van der Waals surface area contributed by atoms with Crippen LogP contribution in [0, 0.1) is 5.82 Å². The van der Waals surface area contributed by atoms with E-state index in [4.69, 9.17) is 21.1 Å². The molecule has 0 fully saturated rings. The van der Waals surface area contributed by atoms with Gasteiger partial charge < -0.3 is 14.4 Å². The molecule has 0 N–H and O–H groups in total. The number of benzene rings is 3. The standard InChI is InChI=1S/C23H21ClFNO3/c1-26(23(27)17-13-19(24)22(29-3)20(14-17)28-2)21(15-7-5-4-6-8-15)16-9-11-18(25)12-10-16/h4-14,21H,1-3H3. The SMILES string of the molecule is COc1cc(C(=O)N(C)C(c2ccccc2)c2ccc(F)cc2)cc(Cl)c1OC. The molecule has 0 saturated carbocycles. The Morgan fingerprint density at radius 2 is 1.59 bits per heavy atom. The van der Waals surface area contributed by atoms with Crippen molar-refractivity contribution in [3.63, 3.8) is 0 Å². The van der Waals surface area contributed by atoms with Gasteiger partial charge in [-0.15, -0.1) is 0 Å². The van der Waals surface area contributed by atoms with E-state index in [0.29, 0.717) is 17.1 Å². The van der Waals surface area contributed by atoms with Gasteiger partial charge >= 0.3 is 0 Å². The van der Waals surface area contributed by atoms with Crippen LogP contribution >= 0.6 is 11.6 Å².